The van der Waals surface area contributed by atoms with E-state index in [1.165, 1.54) is 5.01 Å². The number of halogens is 3. The smallest absolute Gasteiger partial charge is 0.239 e. The molecule has 0 atom stereocenters. The van der Waals surface area contributed by atoms with Gasteiger partial charge >= 0.3 is 6.18 Å². The van der Waals surface area contributed by atoms with E-state index in [1.54, 1.807) is 0 Å². The molecule has 1 aliphatic carbocycles. The molecule has 0 saturated carbocycles. The molecule has 0 amide bonds. The van der Waals surface area contributed by atoms with Gasteiger partial charge in [0, 0.05) is 11.1 Å². The van der Waals surface area contributed by atoms with Crippen molar-refractivity contribution in [1.29, 1.82) is 0 Å². The van der Waals surface area contributed by atoms with Crippen molar-refractivity contribution >= 4 is 33.6 Å². The van der Waals surface area contributed by atoms with Crippen molar-refractivity contribution in [3.05, 3.63) is 102 Å². The Bertz CT molecular complexity index is 1100. The SMILES string of the molecule is Cc1ccc(N2N=C(C(F)(F)F)SC23C(c2ccccc2)=C3c2ccccc2)cc1. The summed E-state index contributed by atoms with van der Waals surface area (Å²) in [5.41, 5.74) is 5.20. The third-order valence-electron chi connectivity index (χ3n) is 5.24. The Hall–Kier alpha value is -2.99. The summed E-state index contributed by atoms with van der Waals surface area (Å²) >= 11 is 0.776. The van der Waals surface area contributed by atoms with Gasteiger partial charge in [0.1, 0.15) is 0 Å². The van der Waals surface area contributed by atoms with Gasteiger partial charge in [0.15, 0.2) is 4.87 Å². The lowest BCUT2D eigenvalue weighted by molar-refractivity contribution is -0.0554. The minimum Gasteiger partial charge on any atom is -0.239 e. The van der Waals surface area contributed by atoms with Gasteiger partial charge in [0.05, 0.1) is 5.69 Å². The van der Waals surface area contributed by atoms with E-state index < -0.39 is 16.1 Å². The molecule has 0 aromatic heterocycles. The van der Waals surface area contributed by atoms with E-state index in [4.69, 9.17) is 0 Å². The van der Waals surface area contributed by atoms with Crippen molar-refractivity contribution in [2.24, 2.45) is 5.10 Å². The lowest BCUT2D eigenvalue weighted by Gasteiger charge is -2.26. The Labute approximate surface area is 176 Å². The number of thioether (sulfide) groups is 1. The van der Waals surface area contributed by atoms with Crippen LogP contribution < -0.4 is 5.01 Å². The van der Waals surface area contributed by atoms with E-state index in [9.17, 15) is 13.2 Å². The summed E-state index contributed by atoms with van der Waals surface area (Å²) in [5, 5.41) is 4.77. The van der Waals surface area contributed by atoms with Crippen molar-refractivity contribution in [2.45, 2.75) is 18.0 Å². The molecule has 2 nitrogen and oxygen atoms in total. The molecular formula is C24H17F3N2S. The second-order valence-electron chi connectivity index (χ2n) is 7.28. The van der Waals surface area contributed by atoms with Gasteiger partial charge in [-0.2, -0.15) is 18.3 Å². The fraction of sp³-hybridized carbons (Fsp3) is 0.125. The molecular weight excluding hydrogens is 405 g/mol. The summed E-state index contributed by atoms with van der Waals surface area (Å²) < 4.78 is 41.2. The molecule has 5 rings (SSSR count). The Morgan fingerprint density at radius 3 is 1.73 bits per heavy atom. The first kappa shape index (κ1) is 19.0. The standard InChI is InChI=1S/C24H17F3N2S/c1-16-12-14-19(15-13-16)29-23(30-22(28-29)24(25,26)27)20(17-8-4-2-5-9-17)21(23)18-10-6-3-7-11-18/h2-15H,1H3. The van der Waals surface area contributed by atoms with E-state index in [-0.39, 0.29) is 0 Å². The highest BCUT2D eigenvalue weighted by molar-refractivity contribution is 8.16. The van der Waals surface area contributed by atoms with Crippen LogP contribution in [0.4, 0.5) is 18.9 Å². The van der Waals surface area contributed by atoms with Crippen LogP contribution in [-0.2, 0) is 0 Å². The molecule has 0 bridgehead atoms. The Balaban J connectivity index is 1.69. The minimum atomic E-state index is -4.51. The quantitative estimate of drug-likeness (QED) is 0.464. The number of nitrogens with zero attached hydrogens (tertiary/aromatic N) is 2. The van der Waals surface area contributed by atoms with Gasteiger partial charge in [-0.25, -0.2) is 5.01 Å². The van der Waals surface area contributed by atoms with Crippen molar-refractivity contribution in [2.75, 3.05) is 5.01 Å². The second kappa shape index (κ2) is 6.77. The molecule has 1 heterocycles. The van der Waals surface area contributed by atoms with Crippen molar-refractivity contribution in [1.82, 2.24) is 0 Å². The van der Waals surface area contributed by atoms with E-state index in [0.717, 1.165) is 39.6 Å². The third-order valence-corrected chi connectivity index (χ3v) is 6.63. The summed E-state index contributed by atoms with van der Waals surface area (Å²) in [6, 6.07) is 26.6. The highest BCUT2D eigenvalue weighted by atomic mass is 32.2. The fourth-order valence-electron chi connectivity index (χ4n) is 3.86. The monoisotopic (exact) mass is 422 g/mol. The lowest BCUT2D eigenvalue weighted by Crippen LogP contribution is -2.30. The zero-order valence-electron chi connectivity index (χ0n) is 16.0. The van der Waals surface area contributed by atoms with Crippen LogP contribution in [0, 0.1) is 6.92 Å². The van der Waals surface area contributed by atoms with Crippen LogP contribution in [0.1, 0.15) is 16.7 Å². The van der Waals surface area contributed by atoms with E-state index in [2.05, 4.69) is 5.10 Å². The van der Waals surface area contributed by atoms with Crippen LogP contribution in [0.25, 0.3) is 11.1 Å². The summed E-state index contributed by atoms with van der Waals surface area (Å²) in [7, 11) is 0. The number of hydrogen-bond acceptors (Lipinski definition) is 3. The summed E-state index contributed by atoms with van der Waals surface area (Å²) in [4.78, 5) is -1.01. The number of alkyl halides is 3. The zero-order chi connectivity index (χ0) is 20.9. The first-order valence-corrected chi connectivity index (χ1v) is 10.3. The van der Waals surface area contributed by atoms with Gasteiger partial charge < -0.3 is 0 Å². The van der Waals surface area contributed by atoms with Crippen LogP contribution in [0.5, 0.6) is 0 Å². The predicted octanol–water partition coefficient (Wildman–Crippen LogP) is 6.74. The first-order valence-electron chi connectivity index (χ1n) is 9.49. The Morgan fingerprint density at radius 2 is 1.27 bits per heavy atom. The molecule has 1 aliphatic heterocycles. The van der Waals surface area contributed by atoms with E-state index in [1.807, 2.05) is 91.9 Å². The number of hydrazone groups is 1. The van der Waals surface area contributed by atoms with Crippen LogP contribution in [0.15, 0.2) is 90.0 Å². The van der Waals surface area contributed by atoms with Gasteiger partial charge in [-0.3, -0.25) is 0 Å². The summed E-state index contributed by atoms with van der Waals surface area (Å²) in [6.07, 6.45) is -4.51. The van der Waals surface area contributed by atoms with Gasteiger partial charge in [0.2, 0.25) is 5.04 Å². The zero-order valence-corrected chi connectivity index (χ0v) is 16.8. The molecule has 1 spiro atoms. The molecule has 0 radical (unpaired) electrons. The maximum absolute atomic E-state index is 13.7. The van der Waals surface area contributed by atoms with Crippen LogP contribution in [-0.4, -0.2) is 16.1 Å². The first-order chi connectivity index (χ1) is 14.4. The number of aryl methyl sites for hydroxylation is 1. The average Bonchev–Trinajstić information content (AvgIpc) is 3.23. The molecule has 0 unspecified atom stereocenters. The molecule has 0 N–H and O–H groups in total. The normalized spacial score (nSPS) is 17.5. The largest absolute Gasteiger partial charge is 0.441 e. The van der Waals surface area contributed by atoms with E-state index in [0.29, 0.717) is 5.69 Å². The fourth-order valence-corrected chi connectivity index (χ4v) is 5.21. The molecule has 30 heavy (non-hydrogen) atoms. The topological polar surface area (TPSA) is 15.6 Å². The number of hydrogen-bond donors (Lipinski definition) is 0. The molecule has 6 heteroatoms. The van der Waals surface area contributed by atoms with Gasteiger partial charge in [0.25, 0.3) is 0 Å². The van der Waals surface area contributed by atoms with Gasteiger partial charge in [-0.15, -0.1) is 0 Å². The maximum Gasteiger partial charge on any atom is 0.441 e. The number of benzene rings is 3. The van der Waals surface area contributed by atoms with Crippen molar-refractivity contribution in [3.8, 4) is 0 Å². The molecule has 3 aromatic carbocycles. The highest BCUT2D eigenvalue weighted by Crippen LogP contribution is 2.69. The Morgan fingerprint density at radius 1 is 0.767 bits per heavy atom. The number of rotatable bonds is 3. The Kier molecular flexibility index (Phi) is 4.29. The van der Waals surface area contributed by atoms with Gasteiger partial charge in [-0.05, 0) is 30.2 Å². The third kappa shape index (κ3) is 2.94. The van der Waals surface area contributed by atoms with Crippen LogP contribution in [0.3, 0.4) is 0 Å². The minimum absolute atomic E-state index is 0.631. The molecule has 0 saturated heterocycles. The summed E-state index contributed by atoms with van der Waals surface area (Å²) in [6.45, 7) is 1.95. The number of anilines is 1. The highest BCUT2D eigenvalue weighted by Gasteiger charge is 2.66. The molecule has 2 aliphatic rings. The van der Waals surface area contributed by atoms with Crippen LogP contribution >= 0.6 is 11.8 Å². The second-order valence-corrected chi connectivity index (χ2v) is 8.46. The van der Waals surface area contributed by atoms with Gasteiger partial charge in [-0.1, -0.05) is 90.1 Å². The lowest BCUT2D eigenvalue weighted by atomic mass is 10.1. The van der Waals surface area contributed by atoms with Crippen LogP contribution in [0.2, 0.25) is 0 Å². The maximum atomic E-state index is 13.7. The molecule has 0 fully saturated rings. The molecule has 150 valence electrons. The van der Waals surface area contributed by atoms with Crippen molar-refractivity contribution < 1.29 is 13.2 Å². The van der Waals surface area contributed by atoms with E-state index >= 15 is 0 Å². The van der Waals surface area contributed by atoms with Crippen molar-refractivity contribution in [3.63, 3.8) is 0 Å². The molecule has 3 aromatic rings. The average molecular weight is 422 g/mol. The predicted molar refractivity (Wildman–Crippen MR) is 117 cm³/mol. The summed E-state index contributed by atoms with van der Waals surface area (Å²) in [5.74, 6) is 0.